The molecule has 2 rings (SSSR count). The molecule has 0 fully saturated rings. The second kappa shape index (κ2) is 6.24. The molecule has 0 radical (unpaired) electrons. The lowest BCUT2D eigenvalue weighted by Gasteiger charge is -2.07. The molecule has 1 aromatic carbocycles. The number of amides is 1. The van der Waals surface area contributed by atoms with Gasteiger partial charge in [0.2, 0.25) is 10.0 Å². The summed E-state index contributed by atoms with van der Waals surface area (Å²) < 4.78 is 25.9. The molecule has 0 aliphatic heterocycles. The Bertz CT molecular complexity index is 761. The number of pyridine rings is 1. The molecule has 0 spiro atoms. The van der Waals surface area contributed by atoms with Crippen molar-refractivity contribution in [3.05, 3.63) is 64.4 Å². The molecule has 2 aromatic rings. The summed E-state index contributed by atoms with van der Waals surface area (Å²) in [5, 5.41) is 0.407. The number of nitrogens with zero attached hydrogens (tertiary/aromatic N) is 1. The number of sulfonamides is 1. The maximum absolute atomic E-state index is 11.9. The van der Waals surface area contributed by atoms with E-state index in [0.29, 0.717) is 10.7 Å². The Kier molecular flexibility index (Phi) is 4.59. The number of halogens is 1. The fraction of sp³-hybridized carbons (Fsp3) is 0.143. The Morgan fingerprint density at radius 3 is 2.67 bits per heavy atom. The summed E-state index contributed by atoms with van der Waals surface area (Å²) in [5.41, 5.74) is 1.36. The lowest BCUT2D eigenvalue weighted by molar-refractivity contribution is 0.0981. The van der Waals surface area contributed by atoms with Gasteiger partial charge in [-0.2, -0.15) is 0 Å². The maximum Gasteiger partial charge on any atom is 0.264 e. The van der Waals surface area contributed by atoms with Crippen molar-refractivity contribution in [1.29, 1.82) is 0 Å². The number of benzene rings is 1. The van der Waals surface area contributed by atoms with Gasteiger partial charge in [0.05, 0.1) is 5.69 Å². The van der Waals surface area contributed by atoms with Gasteiger partial charge in [0.25, 0.3) is 5.91 Å². The molecule has 1 heterocycles. The van der Waals surface area contributed by atoms with Crippen molar-refractivity contribution in [1.82, 2.24) is 9.71 Å². The highest BCUT2D eigenvalue weighted by molar-refractivity contribution is 7.89. The van der Waals surface area contributed by atoms with Crippen LogP contribution in [0, 0.1) is 6.92 Å². The summed E-state index contributed by atoms with van der Waals surface area (Å²) >= 11 is 5.92. The van der Waals surface area contributed by atoms with E-state index in [1.165, 1.54) is 18.3 Å². The zero-order chi connectivity index (χ0) is 15.5. The van der Waals surface area contributed by atoms with Gasteiger partial charge in [-0.3, -0.25) is 9.78 Å². The normalized spacial score (nSPS) is 11.1. The first-order valence-corrected chi connectivity index (χ1v) is 8.11. The van der Waals surface area contributed by atoms with Crippen LogP contribution >= 0.6 is 11.6 Å². The molecule has 0 aliphatic carbocycles. The van der Waals surface area contributed by atoms with Gasteiger partial charge in [0.1, 0.15) is 5.75 Å². The Labute approximate surface area is 128 Å². The van der Waals surface area contributed by atoms with E-state index in [2.05, 4.69) is 4.98 Å². The summed E-state index contributed by atoms with van der Waals surface area (Å²) in [6.45, 7) is 1.79. The minimum absolute atomic E-state index is 0.190. The molecule has 110 valence electrons. The number of aromatic nitrogens is 1. The monoisotopic (exact) mass is 324 g/mol. The fourth-order valence-electron chi connectivity index (χ4n) is 1.65. The van der Waals surface area contributed by atoms with Crippen molar-refractivity contribution < 1.29 is 13.2 Å². The van der Waals surface area contributed by atoms with Crippen molar-refractivity contribution in [2.24, 2.45) is 0 Å². The molecule has 1 aromatic heterocycles. The van der Waals surface area contributed by atoms with Gasteiger partial charge in [-0.25, -0.2) is 13.1 Å². The van der Waals surface area contributed by atoms with Crippen LogP contribution in [0.2, 0.25) is 5.02 Å². The van der Waals surface area contributed by atoms with Crippen LogP contribution < -0.4 is 4.72 Å². The smallest absolute Gasteiger partial charge is 0.264 e. The Morgan fingerprint density at radius 2 is 2.05 bits per heavy atom. The third kappa shape index (κ3) is 4.27. The average molecular weight is 325 g/mol. The van der Waals surface area contributed by atoms with Crippen molar-refractivity contribution in [2.45, 2.75) is 12.7 Å². The van der Waals surface area contributed by atoms with Gasteiger partial charge in [-0.1, -0.05) is 23.7 Å². The van der Waals surface area contributed by atoms with Crippen LogP contribution in [0.15, 0.2) is 42.6 Å². The second-order valence-corrected chi connectivity index (χ2v) is 6.60. The van der Waals surface area contributed by atoms with Crippen LogP contribution in [-0.2, 0) is 15.8 Å². The predicted octanol–water partition coefficient (Wildman–Crippen LogP) is 2.30. The quantitative estimate of drug-likeness (QED) is 0.936. The molecule has 0 saturated heterocycles. The molecule has 7 heteroatoms. The molecular weight excluding hydrogens is 312 g/mol. The van der Waals surface area contributed by atoms with E-state index < -0.39 is 15.9 Å². The molecule has 21 heavy (non-hydrogen) atoms. The standard InChI is InChI=1S/C14H13ClN2O3S/c1-10-5-6-11(8-13(10)15)14(18)17-21(19,20)9-12-4-2-3-7-16-12/h2-8H,9H2,1H3,(H,17,18). The van der Waals surface area contributed by atoms with Crippen LogP contribution in [-0.4, -0.2) is 19.3 Å². The van der Waals surface area contributed by atoms with E-state index >= 15 is 0 Å². The van der Waals surface area contributed by atoms with Crippen molar-refractivity contribution >= 4 is 27.5 Å². The topological polar surface area (TPSA) is 76.1 Å². The predicted molar refractivity (Wildman–Crippen MR) is 80.5 cm³/mol. The van der Waals surface area contributed by atoms with Crippen molar-refractivity contribution in [2.75, 3.05) is 0 Å². The zero-order valence-corrected chi connectivity index (χ0v) is 12.8. The Hall–Kier alpha value is -1.92. The van der Waals surface area contributed by atoms with Crippen LogP contribution in [0.25, 0.3) is 0 Å². The summed E-state index contributed by atoms with van der Waals surface area (Å²) in [7, 11) is -3.81. The van der Waals surface area contributed by atoms with Gasteiger partial charge in [0, 0.05) is 16.8 Å². The molecule has 0 aliphatic rings. The third-order valence-electron chi connectivity index (χ3n) is 2.75. The van der Waals surface area contributed by atoms with Gasteiger partial charge in [-0.05, 0) is 36.8 Å². The molecular formula is C14H13ClN2O3S. The van der Waals surface area contributed by atoms with Crippen LogP contribution in [0.4, 0.5) is 0 Å². The summed E-state index contributed by atoms with van der Waals surface area (Å²) in [6, 6.07) is 9.55. The number of aryl methyl sites for hydroxylation is 1. The fourth-order valence-corrected chi connectivity index (χ4v) is 2.86. The van der Waals surface area contributed by atoms with E-state index in [9.17, 15) is 13.2 Å². The number of carbonyl (C=O) groups excluding carboxylic acids is 1. The molecule has 0 atom stereocenters. The van der Waals surface area contributed by atoms with E-state index in [1.807, 2.05) is 4.72 Å². The highest BCUT2D eigenvalue weighted by atomic mass is 35.5. The molecule has 0 unspecified atom stereocenters. The number of carbonyl (C=O) groups is 1. The highest BCUT2D eigenvalue weighted by Gasteiger charge is 2.17. The molecule has 1 amide bonds. The average Bonchev–Trinajstić information content (AvgIpc) is 2.41. The van der Waals surface area contributed by atoms with Gasteiger partial charge in [0.15, 0.2) is 0 Å². The number of rotatable bonds is 4. The van der Waals surface area contributed by atoms with Crippen molar-refractivity contribution in [3.8, 4) is 0 Å². The summed E-state index contributed by atoms with van der Waals surface area (Å²) in [6.07, 6.45) is 1.49. The van der Waals surface area contributed by atoms with E-state index in [1.54, 1.807) is 31.2 Å². The molecule has 1 N–H and O–H groups in total. The minimum Gasteiger partial charge on any atom is -0.268 e. The Balaban J connectivity index is 2.12. The van der Waals surface area contributed by atoms with Crippen LogP contribution in [0.3, 0.4) is 0 Å². The number of nitrogens with one attached hydrogen (secondary N) is 1. The SMILES string of the molecule is Cc1ccc(C(=O)NS(=O)(=O)Cc2ccccn2)cc1Cl. The number of hydrogen-bond acceptors (Lipinski definition) is 4. The molecule has 5 nitrogen and oxygen atoms in total. The largest absolute Gasteiger partial charge is 0.268 e. The summed E-state index contributed by atoms with van der Waals surface area (Å²) in [5.74, 6) is -1.08. The van der Waals surface area contributed by atoms with Crippen LogP contribution in [0.5, 0.6) is 0 Å². The van der Waals surface area contributed by atoms with Crippen molar-refractivity contribution in [3.63, 3.8) is 0 Å². The maximum atomic E-state index is 11.9. The molecule has 0 saturated carbocycles. The van der Waals surface area contributed by atoms with Crippen LogP contribution in [0.1, 0.15) is 21.6 Å². The highest BCUT2D eigenvalue weighted by Crippen LogP contribution is 2.16. The van der Waals surface area contributed by atoms with Gasteiger partial charge in [-0.15, -0.1) is 0 Å². The summed E-state index contributed by atoms with van der Waals surface area (Å²) in [4.78, 5) is 15.9. The first kappa shape index (κ1) is 15.5. The van der Waals surface area contributed by atoms with E-state index in [0.717, 1.165) is 5.56 Å². The molecule has 0 bridgehead atoms. The Morgan fingerprint density at radius 1 is 1.29 bits per heavy atom. The lowest BCUT2D eigenvalue weighted by atomic mass is 10.1. The zero-order valence-electron chi connectivity index (χ0n) is 11.2. The first-order chi connectivity index (χ1) is 9.87. The lowest BCUT2D eigenvalue weighted by Crippen LogP contribution is -2.31. The van der Waals surface area contributed by atoms with Gasteiger partial charge < -0.3 is 0 Å². The van der Waals surface area contributed by atoms with E-state index in [4.69, 9.17) is 11.6 Å². The number of hydrogen-bond donors (Lipinski definition) is 1. The first-order valence-electron chi connectivity index (χ1n) is 6.08. The van der Waals surface area contributed by atoms with Gasteiger partial charge >= 0.3 is 0 Å². The second-order valence-electron chi connectivity index (χ2n) is 4.48. The van der Waals surface area contributed by atoms with E-state index in [-0.39, 0.29) is 11.3 Å². The third-order valence-corrected chi connectivity index (χ3v) is 4.33. The minimum atomic E-state index is -3.81.